The average Bonchev–Trinajstić information content (AvgIpc) is 2.50. The van der Waals surface area contributed by atoms with Crippen LogP contribution in [-0.4, -0.2) is 29.0 Å². The lowest BCUT2D eigenvalue weighted by molar-refractivity contribution is 0.0990. The summed E-state index contributed by atoms with van der Waals surface area (Å²) in [5, 5.41) is 18.4. The van der Waals surface area contributed by atoms with Crippen LogP contribution in [0.3, 0.4) is 0 Å². The van der Waals surface area contributed by atoms with Crippen LogP contribution in [0.25, 0.3) is 0 Å². The number of aliphatic hydroxyl groups is 2. The fraction of sp³-hybridized carbons (Fsp3) is 1.00. The largest absolute Gasteiger partial charge is 0.395 e. The molecule has 4 heteroatoms. The van der Waals surface area contributed by atoms with Gasteiger partial charge in [-0.1, -0.05) is 90.4 Å². The van der Waals surface area contributed by atoms with Crippen LogP contribution in [-0.2, 0) is 0 Å². The van der Waals surface area contributed by atoms with Crippen molar-refractivity contribution in [2.45, 2.75) is 109 Å². The lowest BCUT2D eigenvalue weighted by atomic mass is 10.0. The van der Waals surface area contributed by atoms with Crippen LogP contribution < -0.4 is 5.73 Å². The first-order valence-corrected chi connectivity index (χ1v) is 9.26. The third kappa shape index (κ3) is 16.5. The van der Waals surface area contributed by atoms with E-state index >= 15 is 0 Å². The van der Waals surface area contributed by atoms with Gasteiger partial charge in [-0.15, -0.1) is 12.4 Å². The minimum atomic E-state index is -0.539. The van der Waals surface area contributed by atoms with Crippen molar-refractivity contribution in [2.24, 2.45) is 5.73 Å². The zero-order chi connectivity index (χ0) is 15.8. The second kappa shape index (κ2) is 19.2. The predicted molar refractivity (Wildman–Crippen MR) is 98.6 cm³/mol. The minimum absolute atomic E-state index is 0. The van der Waals surface area contributed by atoms with E-state index in [4.69, 9.17) is 10.8 Å². The molecule has 0 unspecified atom stereocenters. The zero-order valence-corrected chi connectivity index (χ0v) is 15.5. The highest BCUT2D eigenvalue weighted by Gasteiger charge is 2.12. The molecule has 0 aliphatic heterocycles. The summed E-state index contributed by atoms with van der Waals surface area (Å²) in [6.45, 7) is 2.14. The van der Waals surface area contributed by atoms with Gasteiger partial charge in [-0.2, -0.15) is 0 Å². The van der Waals surface area contributed by atoms with Gasteiger partial charge in [0.1, 0.15) is 0 Å². The van der Waals surface area contributed by atoms with E-state index in [0.29, 0.717) is 0 Å². The molecule has 0 heterocycles. The second-order valence-electron chi connectivity index (χ2n) is 6.45. The molecule has 0 radical (unpaired) electrons. The Bertz CT molecular complexity index is 206. The van der Waals surface area contributed by atoms with E-state index < -0.39 is 12.1 Å². The molecule has 0 aliphatic rings. The van der Waals surface area contributed by atoms with Gasteiger partial charge in [0.05, 0.1) is 18.8 Å². The van der Waals surface area contributed by atoms with Gasteiger partial charge in [-0.3, -0.25) is 0 Å². The maximum Gasteiger partial charge on any atom is 0.0713 e. The summed E-state index contributed by atoms with van der Waals surface area (Å²) in [6.07, 6.45) is 17.5. The molecule has 2 atom stereocenters. The van der Waals surface area contributed by atoms with E-state index in [0.717, 1.165) is 12.8 Å². The van der Waals surface area contributed by atoms with Gasteiger partial charge in [0.25, 0.3) is 0 Å². The first kappa shape index (κ1) is 24.4. The number of aliphatic hydroxyl groups excluding tert-OH is 2. The van der Waals surface area contributed by atoms with Crippen LogP contribution in [0.2, 0.25) is 0 Å². The van der Waals surface area contributed by atoms with Gasteiger partial charge < -0.3 is 15.9 Å². The average molecular weight is 338 g/mol. The van der Waals surface area contributed by atoms with Crippen molar-refractivity contribution in [2.75, 3.05) is 6.61 Å². The summed E-state index contributed by atoms with van der Waals surface area (Å²) in [4.78, 5) is 0. The number of nitrogens with two attached hydrogens (primary N) is 1. The molecule has 0 amide bonds. The topological polar surface area (TPSA) is 66.5 Å². The number of halogens is 1. The number of hydrogen-bond acceptors (Lipinski definition) is 3. The van der Waals surface area contributed by atoms with E-state index in [1.807, 2.05) is 0 Å². The molecular formula is C18H40ClNO2. The Kier molecular flexibility index (Phi) is 21.3. The third-order valence-electron chi connectivity index (χ3n) is 4.31. The Morgan fingerprint density at radius 3 is 1.45 bits per heavy atom. The van der Waals surface area contributed by atoms with E-state index in [1.165, 1.54) is 77.0 Å². The normalized spacial score (nSPS) is 13.6. The van der Waals surface area contributed by atoms with Gasteiger partial charge in [0.15, 0.2) is 0 Å². The van der Waals surface area contributed by atoms with Crippen molar-refractivity contribution in [3.8, 4) is 0 Å². The lowest BCUT2D eigenvalue weighted by Gasteiger charge is -2.15. The molecule has 0 saturated heterocycles. The smallest absolute Gasteiger partial charge is 0.0713 e. The van der Waals surface area contributed by atoms with Crippen LogP contribution >= 0.6 is 12.4 Å². The van der Waals surface area contributed by atoms with Gasteiger partial charge in [0.2, 0.25) is 0 Å². The lowest BCUT2D eigenvalue weighted by Crippen LogP contribution is -2.37. The standard InChI is InChI=1S/C18H39NO2.ClH/c1-2-3-4-5-6-7-8-9-10-11-12-13-14-15-18(21)17(19)16-20;/h17-18,20-21H,2-16,19H2,1H3;1H/t17-,18-;/m0./s1. The quantitative estimate of drug-likeness (QED) is 0.361. The summed E-state index contributed by atoms with van der Waals surface area (Å²) in [5.74, 6) is 0. The highest BCUT2D eigenvalue weighted by Crippen LogP contribution is 2.13. The van der Waals surface area contributed by atoms with E-state index in [9.17, 15) is 5.11 Å². The fourth-order valence-electron chi connectivity index (χ4n) is 2.71. The Morgan fingerprint density at radius 1 is 0.727 bits per heavy atom. The van der Waals surface area contributed by atoms with Gasteiger partial charge in [-0.05, 0) is 6.42 Å². The van der Waals surface area contributed by atoms with Crippen molar-refractivity contribution in [3.05, 3.63) is 0 Å². The molecule has 0 saturated carbocycles. The first-order valence-electron chi connectivity index (χ1n) is 9.26. The maximum atomic E-state index is 9.61. The van der Waals surface area contributed by atoms with Crippen molar-refractivity contribution < 1.29 is 10.2 Å². The molecule has 0 aliphatic carbocycles. The molecule has 0 bridgehead atoms. The van der Waals surface area contributed by atoms with E-state index in [1.54, 1.807) is 0 Å². The molecule has 0 spiro atoms. The minimum Gasteiger partial charge on any atom is -0.395 e. The van der Waals surface area contributed by atoms with Crippen LogP contribution in [0.4, 0.5) is 0 Å². The Hall–Kier alpha value is 0.170. The van der Waals surface area contributed by atoms with E-state index in [2.05, 4.69) is 6.92 Å². The Balaban J connectivity index is 0. The molecule has 136 valence electrons. The van der Waals surface area contributed by atoms with E-state index in [-0.39, 0.29) is 19.0 Å². The molecule has 0 aromatic heterocycles. The maximum absolute atomic E-state index is 9.61. The summed E-state index contributed by atoms with van der Waals surface area (Å²) in [6, 6.07) is -0.470. The zero-order valence-electron chi connectivity index (χ0n) is 14.6. The molecule has 3 nitrogen and oxygen atoms in total. The highest BCUT2D eigenvalue weighted by molar-refractivity contribution is 5.85. The van der Waals surface area contributed by atoms with Crippen LogP contribution in [0, 0.1) is 0 Å². The second-order valence-corrected chi connectivity index (χ2v) is 6.45. The predicted octanol–water partition coefficient (Wildman–Crippen LogP) is 4.57. The fourth-order valence-corrected chi connectivity index (χ4v) is 2.71. The highest BCUT2D eigenvalue weighted by atomic mass is 35.5. The summed E-state index contributed by atoms with van der Waals surface area (Å²) >= 11 is 0. The van der Waals surface area contributed by atoms with Gasteiger partial charge in [-0.25, -0.2) is 0 Å². The molecule has 0 rings (SSSR count). The monoisotopic (exact) mass is 337 g/mol. The number of hydrogen-bond donors (Lipinski definition) is 3. The van der Waals surface area contributed by atoms with Crippen LogP contribution in [0.5, 0.6) is 0 Å². The Morgan fingerprint density at radius 2 is 1.09 bits per heavy atom. The first-order chi connectivity index (χ1) is 10.2. The van der Waals surface area contributed by atoms with Crippen LogP contribution in [0.15, 0.2) is 0 Å². The number of unbranched alkanes of at least 4 members (excludes halogenated alkanes) is 12. The van der Waals surface area contributed by atoms with Gasteiger partial charge in [0, 0.05) is 0 Å². The number of rotatable bonds is 16. The SMILES string of the molecule is CCCCCCCCCCCCCCC[C@H](O)[C@@H](N)CO.Cl. The summed E-state index contributed by atoms with van der Waals surface area (Å²) in [7, 11) is 0. The molecular weight excluding hydrogens is 298 g/mol. The summed E-state index contributed by atoms with van der Waals surface area (Å²) in [5.41, 5.74) is 5.56. The van der Waals surface area contributed by atoms with Crippen molar-refractivity contribution in [1.29, 1.82) is 0 Å². The molecule has 22 heavy (non-hydrogen) atoms. The summed E-state index contributed by atoms with van der Waals surface area (Å²) < 4.78 is 0. The van der Waals surface area contributed by atoms with Gasteiger partial charge >= 0.3 is 0 Å². The van der Waals surface area contributed by atoms with Crippen molar-refractivity contribution in [3.63, 3.8) is 0 Å². The van der Waals surface area contributed by atoms with Crippen molar-refractivity contribution >= 4 is 12.4 Å². The third-order valence-corrected chi connectivity index (χ3v) is 4.31. The van der Waals surface area contributed by atoms with Crippen LogP contribution in [0.1, 0.15) is 96.8 Å². The molecule has 0 aromatic rings. The van der Waals surface area contributed by atoms with Crippen molar-refractivity contribution in [1.82, 2.24) is 0 Å². The molecule has 0 aromatic carbocycles. The molecule has 4 N–H and O–H groups in total. The molecule has 0 fully saturated rings. The Labute approximate surface area is 144 Å².